The normalized spacial score (nSPS) is 10.9. The van der Waals surface area contributed by atoms with Crippen LogP contribution < -0.4 is 0 Å². The first kappa shape index (κ1) is 12.9. The molecular formula is C18H11N3S. The summed E-state index contributed by atoms with van der Waals surface area (Å²) in [5, 5.41) is 13.4. The molecule has 3 nitrogen and oxygen atoms in total. The zero-order valence-corrected chi connectivity index (χ0v) is 12.4. The van der Waals surface area contributed by atoms with E-state index in [0.29, 0.717) is 0 Å². The fourth-order valence-electron chi connectivity index (χ4n) is 2.68. The smallest absolute Gasteiger partial charge is 0.140 e. The van der Waals surface area contributed by atoms with E-state index >= 15 is 0 Å². The van der Waals surface area contributed by atoms with Crippen LogP contribution in [0.25, 0.3) is 27.8 Å². The average Bonchev–Trinajstić information content (AvgIpc) is 2.95. The molecule has 4 aromatic rings. The highest BCUT2D eigenvalue weighted by atomic mass is 32.2. The van der Waals surface area contributed by atoms with Gasteiger partial charge in [-0.1, -0.05) is 48.5 Å². The zero-order chi connectivity index (χ0) is 14.9. The molecule has 0 amide bonds. The Hall–Kier alpha value is -2.77. The lowest BCUT2D eigenvalue weighted by Gasteiger charge is -2.04. The maximum Gasteiger partial charge on any atom is 0.140 e. The Morgan fingerprint density at radius 2 is 1.68 bits per heavy atom. The number of hydrogen-bond acceptors (Lipinski definition) is 3. The Morgan fingerprint density at radius 3 is 2.50 bits per heavy atom. The minimum Gasteiger partial charge on any atom is -0.286 e. The maximum atomic E-state index is 9.21. The third-order valence-corrected chi connectivity index (χ3v) is 4.30. The number of aromatic nitrogens is 2. The van der Waals surface area contributed by atoms with Crippen LogP contribution in [0.2, 0.25) is 0 Å². The van der Waals surface area contributed by atoms with Crippen molar-refractivity contribution in [1.82, 2.24) is 9.38 Å². The Morgan fingerprint density at radius 1 is 0.909 bits per heavy atom. The van der Waals surface area contributed by atoms with E-state index in [-0.39, 0.29) is 0 Å². The molecule has 0 atom stereocenters. The fourth-order valence-corrected chi connectivity index (χ4v) is 3.31. The number of para-hydroxylation sites is 1. The number of hydrogen-bond donors (Lipinski definition) is 0. The summed E-state index contributed by atoms with van der Waals surface area (Å²) in [6.07, 6.45) is 0. The van der Waals surface area contributed by atoms with Crippen LogP contribution in [0.3, 0.4) is 0 Å². The number of benzene rings is 2. The highest BCUT2D eigenvalue weighted by Crippen LogP contribution is 2.33. The summed E-state index contributed by atoms with van der Waals surface area (Å²) in [7, 11) is 0. The van der Waals surface area contributed by atoms with Gasteiger partial charge in [-0.25, -0.2) is 4.98 Å². The number of imidazole rings is 1. The van der Waals surface area contributed by atoms with E-state index in [0.717, 1.165) is 44.6 Å². The standard InChI is InChI=1S/C18H11N3S/c19-12-22-18-17(14-7-2-1-3-8-14)20-16-11-10-13-6-4-5-9-15(13)21(16)18/h1-11H. The van der Waals surface area contributed by atoms with Crippen molar-refractivity contribution in [2.45, 2.75) is 5.03 Å². The molecule has 0 N–H and O–H groups in total. The highest BCUT2D eigenvalue weighted by Gasteiger charge is 2.16. The van der Waals surface area contributed by atoms with Crippen molar-refractivity contribution < 1.29 is 0 Å². The minimum absolute atomic E-state index is 0.850. The molecule has 2 aromatic carbocycles. The van der Waals surface area contributed by atoms with E-state index in [9.17, 15) is 5.26 Å². The summed E-state index contributed by atoms with van der Waals surface area (Å²) in [6, 6.07) is 22.2. The van der Waals surface area contributed by atoms with Gasteiger partial charge in [-0.2, -0.15) is 5.26 Å². The van der Waals surface area contributed by atoms with E-state index in [1.54, 1.807) is 0 Å². The Bertz CT molecular complexity index is 1010. The lowest BCUT2D eigenvalue weighted by Crippen LogP contribution is -1.89. The molecular weight excluding hydrogens is 290 g/mol. The number of nitrogens with zero attached hydrogens (tertiary/aromatic N) is 3. The number of fused-ring (bicyclic) bond motifs is 3. The molecule has 2 heterocycles. The highest BCUT2D eigenvalue weighted by molar-refractivity contribution is 8.03. The van der Waals surface area contributed by atoms with Gasteiger partial charge in [0.15, 0.2) is 0 Å². The molecule has 2 aromatic heterocycles. The van der Waals surface area contributed by atoms with E-state index in [1.807, 2.05) is 48.5 Å². The first-order chi connectivity index (χ1) is 10.9. The van der Waals surface area contributed by atoms with Gasteiger partial charge in [0.2, 0.25) is 0 Å². The third kappa shape index (κ3) is 1.95. The molecule has 0 spiro atoms. The van der Waals surface area contributed by atoms with Crippen molar-refractivity contribution in [3.8, 4) is 16.7 Å². The van der Waals surface area contributed by atoms with Gasteiger partial charge in [0.05, 0.1) is 5.52 Å². The van der Waals surface area contributed by atoms with Gasteiger partial charge in [-0.05, 0) is 23.6 Å². The second-order valence-electron chi connectivity index (χ2n) is 4.91. The summed E-state index contributed by atoms with van der Waals surface area (Å²) < 4.78 is 2.06. The van der Waals surface area contributed by atoms with Crippen LogP contribution in [-0.4, -0.2) is 9.38 Å². The molecule has 0 saturated heterocycles. The summed E-state index contributed by atoms with van der Waals surface area (Å²) >= 11 is 1.15. The average molecular weight is 301 g/mol. The van der Waals surface area contributed by atoms with Crippen molar-refractivity contribution in [3.05, 3.63) is 66.7 Å². The first-order valence-corrected chi connectivity index (χ1v) is 7.72. The molecule has 0 radical (unpaired) electrons. The van der Waals surface area contributed by atoms with E-state index < -0.39 is 0 Å². The lowest BCUT2D eigenvalue weighted by molar-refractivity contribution is 1.11. The molecule has 0 bridgehead atoms. The summed E-state index contributed by atoms with van der Waals surface area (Å²) in [5.74, 6) is 0. The van der Waals surface area contributed by atoms with Crippen LogP contribution in [0.1, 0.15) is 0 Å². The van der Waals surface area contributed by atoms with Crippen LogP contribution in [0.5, 0.6) is 0 Å². The molecule has 104 valence electrons. The third-order valence-electron chi connectivity index (χ3n) is 3.64. The predicted molar refractivity (Wildman–Crippen MR) is 89.6 cm³/mol. The van der Waals surface area contributed by atoms with Crippen molar-refractivity contribution in [2.75, 3.05) is 0 Å². The zero-order valence-electron chi connectivity index (χ0n) is 11.6. The summed E-state index contributed by atoms with van der Waals surface area (Å²) in [6.45, 7) is 0. The molecule has 0 aliphatic carbocycles. The van der Waals surface area contributed by atoms with Crippen LogP contribution in [0, 0.1) is 10.7 Å². The van der Waals surface area contributed by atoms with Gasteiger partial charge < -0.3 is 0 Å². The predicted octanol–water partition coefficient (Wildman–Crippen LogP) is 4.73. The van der Waals surface area contributed by atoms with E-state index in [4.69, 9.17) is 4.98 Å². The maximum absolute atomic E-state index is 9.21. The van der Waals surface area contributed by atoms with Crippen LogP contribution in [0.4, 0.5) is 0 Å². The SMILES string of the molecule is N#CSc1c(-c2ccccc2)nc2ccc3ccccc3n12. The quantitative estimate of drug-likeness (QED) is 0.397. The van der Waals surface area contributed by atoms with Gasteiger partial charge in [0.25, 0.3) is 0 Å². The van der Waals surface area contributed by atoms with Crippen LogP contribution >= 0.6 is 11.8 Å². The van der Waals surface area contributed by atoms with Crippen molar-refractivity contribution in [2.24, 2.45) is 0 Å². The lowest BCUT2D eigenvalue weighted by atomic mass is 10.2. The number of nitriles is 1. The monoisotopic (exact) mass is 301 g/mol. The topological polar surface area (TPSA) is 41.1 Å². The van der Waals surface area contributed by atoms with Gasteiger partial charge >= 0.3 is 0 Å². The summed E-state index contributed by atoms with van der Waals surface area (Å²) in [5.41, 5.74) is 3.79. The van der Waals surface area contributed by atoms with Gasteiger partial charge in [-0.3, -0.25) is 4.40 Å². The fraction of sp³-hybridized carbons (Fsp3) is 0. The Kier molecular flexibility index (Phi) is 3.06. The summed E-state index contributed by atoms with van der Waals surface area (Å²) in [4.78, 5) is 4.74. The number of thiocyanates is 1. The minimum atomic E-state index is 0.850. The number of rotatable bonds is 2. The van der Waals surface area contributed by atoms with Crippen molar-refractivity contribution in [1.29, 1.82) is 5.26 Å². The Labute approximate surface area is 131 Å². The molecule has 4 heteroatoms. The molecule has 0 fully saturated rings. The van der Waals surface area contributed by atoms with E-state index in [1.165, 1.54) is 0 Å². The van der Waals surface area contributed by atoms with Crippen molar-refractivity contribution in [3.63, 3.8) is 0 Å². The molecule has 0 aliphatic heterocycles. The van der Waals surface area contributed by atoms with Crippen molar-refractivity contribution >= 4 is 28.3 Å². The largest absolute Gasteiger partial charge is 0.286 e. The second-order valence-corrected chi connectivity index (χ2v) is 5.68. The van der Waals surface area contributed by atoms with Gasteiger partial charge in [0, 0.05) is 17.3 Å². The molecule has 0 unspecified atom stereocenters. The first-order valence-electron chi connectivity index (χ1n) is 6.90. The van der Waals surface area contributed by atoms with Crippen LogP contribution in [0.15, 0.2) is 71.8 Å². The second kappa shape index (κ2) is 5.21. The molecule has 0 aliphatic rings. The van der Waals surface area contributed by atoms with E-state index in [2.05, 4.69) is 28.0 Å². The molecule has 0 saturated carbocycles. The van der Waals surface area contributed by atoms with Gasteiger partial charge in [0.1, 0.15) is 21.8 Å². The Balaban J connectivity index is 2.13. The molecule has 4 rings (SSSR count). The van der Waals surface area contributed by atoms with Gasteiger partial charge in [-0.15, -0.1) is 0 Å². The number of pyridine rings is 1. The number of thioether (sulfide) groups is 1. The molecule has 22 heavy (non-hydrogen) atoms. The van der Waals surface area contributed by atoms with Crippen LogP contribution in [-0.2, 0) is 0 Å².